The summed E-state index contributed by atoms with van der Waals surface area (Å²) in [6.45, 7) is 5.02. The smallest absolute Gasteiger partial charge is 0.151 e. The quantitative estimate of drug-likeness (QED) is 0.930. The molecule has 1 N–H and O–H groups in total. The lowest BCUT2D eigenvalue weighted by Gasteiger charge is -2.31. The van der Waals surface area contributed by atoms with Crippen molar-refractivity contribution in [3.63, 3.8) is 0 Å². The van der Waals surface area contributed by atoms with Gasteiger partial charge in [0.15, 0.2) is 5.76 Å². The highest BCUT2D eigenvalue weighted by Crippen LogP contribution is 2.20. The van der Waals surface area contributed by atoms with Gasteiger partial charge in [0.25, 0.3) is 0 Å². The van der Waals surface area contributed by atoms with E-state index in [0.717, 1.165) is 30.1 Å². The van der Waals surface area contributed by atoms with Crippen LogP contribution >= 0.6 is 0 Å². The van der Waals surface area contributed by atoms with Gasteiger partial charge in [-0.1, -0.05) is 35.0 Å². The number of aliphatic hydroxyl groups excluding tert-OH is 1. The van der Waals surface area contributed by atoms with Crippen molar-refractivity contribution in [1.82, 2.24) is 10.1 Å². The first kappa shape index (κ1) is 14.3. The Kier molecular flexibility index (Phi) is 4.34. The van der Waals surface area contributed by atoms with Crippen LogP contribution in [0, 0.1) is 6.92 Å². The highest BCUT2D eigenvalue weighted by atomic mass is 16.5. The molecule has 5 nitrogen and oxygen atoms in total. The van der Waals surface area contributed by atoms with Crippen LogP contribution in [0.5, 0.6) is 0 Å². The summed E-state index contributed by atoms with van der Waals surface area (Å²) in [5, 5.41) is 13.3. The number of morpholine rings is 1. The van der Waals surface area contributed by atoms with Crippen molar-refractivity contribution in [1.29, 1.82) is 0 Å². The summed E-state index contributed by atoms with van der Waals surface area (Å²) < 4.78 is 10.9. The fourth-order valence-corrected chi connectivity index (χ4v) is 2.50. The molecule has 0 radical (unpaired) electrons. The molecule has 112 valence electrons. The van der Waals surface area contributed by atoms with E-state index in [0.29, 0.717) is 13.2 Å². The molecule has 5 heteroatoms. The maximum Gasteiger partial charge on any atom is 0.151 e. The number of rotatable bonds is 4. The minimum atomic E-state index is -0.0989. The summed E-state index contributed by atoms with van der Waals surface area (Å²) in [4.78, 5) is 2.21. The van der Waals surface area contributed by atoms with E-state index in [1.54, 1.807) is 0 Å². The zero-order valence-corrected chi connectivity index (χ0v) is 12.2. The molecular weight excluding hydrogens is 268 g/mol. The van der Waals surface area contributed by atoms with Crippen molar-refractivity contribution in [2.75, 3.05) is 26.3 Å². The lowest BCUT2D eigenvalue weighted by atomic mass is 10.1. The second kappa shape index (κ2) is 6.39. The monoisotopic (exact) mass is 288 g/mol. The van der Waals surface area contributed by atoms with Crippen LogP contribution in [0.3, 0.4) is 0 Å². The summed E-state index contributed by atoms with van der Waals surface area (Å²) in [6.07, 6.45) is -0.0989. The molecule has 21 heavy (non-hydrogen) atoms. The number of aromatic nitrogens is 1. The number of aryl methyl sites for hydroxylation is 1. The first-order chi connectivity index (χ1) is 10.2. The van der Waals surface area contributed by atoms with Crippen LogP contribution in [0.25, 0.3) is 11.3 Å². The summed E-state index contributed by atoms with van der Waals surface area (Å²) in [5.41, 5.74) is 3.15. The highest BCUT2D eigenvalue weighted by Gasteiger charge is 2.21. The largest absolute Gasteiger partial charge is 0.394 e. The fourth-order valence-electron chi connectivity index (χ4n) is 2.50. The Hall–Kier alpha value is -1.69. The Morgan fingerprint density at radius 2 is 2.14 bits per heavy atom. The third-order valence-corrected chi connectivity index (χ3v) is 3.71. The number of hydrogen-bond acceptors (Lipinski definition) is 5. The van der Waals surface area contributed by atoms with E-state index in [2.05, 4.69) is 29.1 Å². The Balaban J connectivity index is 1.66. The Bertz CT molecular complexity index is 579. The summed E-state index contributed by atoms with van der Waals surface area (Å²) in [5.74, 6) is 0.837. The molecule has 1 atom stereocenters. The second-order valence-electron chi connectivity index (χ2n) is 5.45. The van der Waals surface area contributed by atoms with E-state index in [9.17, 15) is 0 Å². The van der Waals surface area contributed by atoms with Gasteiger partial charge < -0.3 is 14.4 Å². The number of aliphatic hydroxyl groups is 1. The van der Waals surface area contributed by atoms with E-state index >= 15 is 0 Å². The Morgan fingerprint density at radius 3 is 2.90 bits per heavy atom. The van der Waals surface area contributed by atoms with Gasteiger partial charge in [0.05, 0.1) is 25.9 Å². The van der Waals surface area contributed by atoms with E-state index in [-0.39, 0.29) is 12.7 Å². The number of benzene rings is 1. The standard InChI is InChI=1S/C16H20N2O3/c1-12-2-4-13(5-3-12)16-8-14(21-17-16)9-18-6-7-20-15(10-18)11-19/h2-5,8,15,19H,6-7,9-11H2,1H3. The molecule has 0 amide bonds. The molecule has 1 aromatic carbocycles. The molecular formula is C16H20N2O3. The molecule has 0 saturated carbocycles. The summed E-state index contributed by atoms with van der Waals surface area (Å²) in [7, 11) is 0. The Morgan fingerprint density at radius 1 is 1.33 bits per heavy atom. The lowest BCUT2D eigenvalue weighted by molar-refractivity contribution is -0.0567. The summed E-state index contributed by atoms with van der Waals surface area (Å²) >= 11 is 0. The van der Waals surface area contributed by atoms with Gasteiger partial charge in [0.2, 0.25) is 0 Å². The molecule has 1 aliphatic heterocycles. The van der Waals surface area contributed by atoms with Gasteiger partial charge in [-0.2, -0.15) is 0 Å². The molecule has 1 saturated heterocycles. The van der Waals surface area contributed by atoms with E-state index in [1.165, 1.54) is 5.56 Å². The van der Waals surface area contributed by atoms with Gasteiger partial charge in [0.1, 0.15) is 5.69 Å². The fraction of sp³-hybridized carbons (Fsp3) is 0.438. The Labute approximate surface area is 124 Å². The SMILES string of the molecule is Cc1ccc(-c2cc(CN3CCOC(CO)C3)on2)cc1. The third-order valence-electron chi connectivity index (χ3n) is 3.71. The molecule has 1 fully saturated rings. The maximum absolute atomic E-state index is 9.16. The van der Waals surface area contributed by atoms with Crippen LogP contribution in [0.2, 0.25) is 0 Å². The van der Waals surface area contributed by atoms with Crippen LogP contribution in [0.15, 0.2) is 34.9 Å². The van der Waals surface area contributed by atoms with Crippen molar-refractivity contribution in [2.24, 2.45) is 0 Å². The van der Waals surface area contributed by atoms with E-state index < -0.39 is 0 Å². The maximum atomic E-state index is 9.16. The van der Waals surface area contributed by atoms with E-state index in [1.807, 2.05) is 18.2 Å². The van der Waals surface area contributed by atoms with Gasteiger partial charge in [-0.3, -0.25) is 4.90 Å². The normalized spacial score (nSPS) is 19.8. The van der Waals surface area contributed by atoms with Gasteiger partial charge in [-0.05, 0) is 6.92 Å². The second-order valence-corrected chi connectivity index (χ2v) is 5.45. The van der Waals surface area contributed by atoms with Gasteiger partial charge in [-0.15, -0.1) is 0 Å². The number of nitrogens with zero attached hydrogens (tertiary/aromatic N) is 2. The van der Waals surface area contributed by atoms with Crippen LogP contribution in [-0.2, 0) is 11.3 Å². The third kappa shape index (κ3) is 3.50. The minimum Gasteiger partial charge on any atom is -0.394 e. The number of hydrogen-bond donors (Lipinski definition) is 1. The first-order valence-electron chi connectivity index (χ1n) is 7.22. The van der Waals surface area contributed by atoms with E-state index in [4.69, 9.17) is 14.4 Å². The van der Waals surface area contributed by atoms with Crippen molar-refractivity contribution in [2.45, 2.75) is 19.6 Å². The van der Waals surface area contributed by atoms with Crippen LogP contribution in [-0.4, -0.2) is 47.6 Å². The van der Waals surface area contributed by atoms with Gasteiger partial charge >= 0.3 is 0 Å². The van der Waals surface area contributed by atoms with Crippen LogP contribution in [0.1, 0.15) is 11.3 Å². The summed E-state index contributed by atoms with van der Waals surface area (Å²) in [6, 6.07) is 10.2. The first-order valence-corrected chi connectivity index (χ1v) is 7.22. The molecule has 0 aliphatic carbocycles. The zero-order valence-electron chi connectivity index (χ0n) is 12.2. The van der Waals surface area contributed by atoms with Crippen molar-refractivity contribution < 1.29 is 14.4 Å². The molecule has 2 aromatic rings. The number of ether oxygens (including phenoxy) is 1. The lowest BCUT2D eigenvalue weighted by Crippen LogP contribution is -2.43. The molecule has 1 unspecified atom stereocenters. The highest BCUT2D eigenvalue weighted by molar-refractivity contribution is 5.59. The van der Waals surface area contributed by atoms with Crippen molar-refractivity contribution in [3.8, 4) is 11.3 Å². The molecule has 1 aromatic heterocycles. The zero-order chi connectivity index (χ0) is 14.7. The molecule has 1 aliphatic rings. The predicted molar refractivity (Wildman–Crippen MR) is 78.8 cm³/mol. The molecule has 3 rings (SSSR count). The average Bonchev–Trinajstić information content (AvgIpc) is 2.96. The van der Waals surface area contributed by atoms with Crippen LogP contribution in [0.4, 0.5) is 0 Å². The minimum absolute atomic E-state index is 0.0571. The van der Waals surface area contributed by atoms with Gasteiger partial charge in [-0.25, -0.2) is 0 Å². The van der Waals surface area contributed by atoms with Gasteiger partial charge in [0, 0.05) is 24.7 Å². The van der Waals surface area contributed by atoms with Crippen molar-refractivity contribution >= 4 is 0 Å². The van der Waals surface area contributed by atoms with Crippen LogP contribution < -0.4 is 0 Å². The molecule has 0 spiro atoms. The predicted octanol–water partition coefficient (Wildman–Crippen LogP) is 1.84. The topological polar surface area (TPSA) is 58.7 Å². The molecule has 0 bridgehead atoms. The average molecular weight is 288 g/mol. The van der Waals surface area contributed by atoms with Crippen molar-refractivity contribution in [3.05, 3.63) is 41.7 Å². The molecule has 2 heterocycles.